The third kappa shape index (κ3) is 14.1. The highest BCUT2D eigenvalue weighted by molar-refractivity contribution is 5.93. The molecule has 0 aliphatic rings. The monoisotopic (exact) mass is 609 g/mol. The summed E-state index contributed by atoms with van der Waals surface area (Å²) in [4.78, 5) is 72.1. The molecule has 240 valence electrons. The number of phenols is 1. The molecule has 1 aromatic rings. The lowest BCUT2D eigenvalue weighted by atomic mass is 10.0. The van der Waals surface area contributed by atoms with Crippen LogP contribution in [0.15, 0.2) is 24.3 Å². The van der Waals surface area contributed by atoms with Crippen molar-refractivity contribution < 1.29 is 44.1 Å². The van der Waals surface area contributed by atoms with Crippen LogP contribution in [0.25, 0.3) is 0 Å². The van der Waals surface area contributed by atoms with Gasteiger partial charge in [-0.2, -0.15) is 0 Å². The minimum atomic E-state index is -1.39. The Morgan fingerprint density at radius 3 is 1.91 bits per heavy atom. The van der Waals surface area contributed by atoms with Crippen molar-refractivity contribution in [2.24, 2.45) is 17.2 Å². The van der Waals surface area contributed by atoms with Crippen LogP contribution in [0.3, 0.4) is 0 Å². The van der Waals surface area contributed by atoms with E-state index in [9.17, 15) is 44.1 Å². The summed E-state index contributed by atoms with van der Waals surface area (Å²) in [5.41, 5.74) is 17.1. The molecule has 0 radical (unpaired) electrons. The van der Waals surface area contributed by atoms with E-state index < -0.39 is 67.1 Å². The molecule has 0 fully saturated rings. The van der Waals surface area contributed by atoms with Crippen LogP contribution in [0.4, 0.5) is 0 Å². The molecule has 0 heterocycles. The predicted octanol–water partition coefficient (Wildman–Crippen LogP) is -3.83. The maximum absolute atomic E-state index is 12.6. The molecule has 0 spiro atoms. The molecule has 16 nitrogen and oxygen atoms in total. The largest absolute Gasteiger partial charge is 0.508 e. The molecule has 43 heavy (non-hydrogen) atoms. The lowest BCUT2D eigenvalue weighted by Crippen LogP contribution is -2.57. The average molecular weight is 610 g/mol. The first kappa shape index (κ1) is 36.9. The smallest absolute Gasteiger partial charge is 0.245 e. The summed E-state index contributed by atoms with van der Waals surface area (Å²) in [7, 11) is 0. The van der Waals surface area contributed by atoms with Crippen molar-refractivity contribution in [2.75, 3.05) is 19.8 Å². The molecular weight excluding hydrogens is 566 g/mol. The number of hydrogen-bond donors (Lipinski definition) is 10. The highest BCUT2D eigenvalue weighted by Gasteiger charge is 2.27. The van der Waals surface area contributed by atoms with Gasteiger partial charge in [-0.15, -0.1) is 0 Å². The number of benzene rings is 1. The molecule has 0 aliphatic heterocycles. The van der Waals surface area contributed by atoms with Gasteiger partial charge in [0.25, 0.3) is 0 Å². The van der Waals surface area contributed by atoms with E-state index in [1.165, 1.54) is 19.1 Å². The van der Waals surface area contributed by atoms with Crippen molar-refractivity contribution in [3.63, 3.8) is 0 Å². The summed E-state index contributed by atoms with van der Waals surface area (Å²) >= 11 is 0. The van der Waals surface area contributed by atoms with Gasteiger partial charge in [0.05, 0.1) is 25.3 Å². The quantitative estimate of drug-likeness (QED) is 0.0602. The Morgan fingerprint density at radius 2 is 1.37 bits per heavy atom. The van der Waals surface area contributed by atoms with Gasteiger partial charge >= 0.3 is 0 Å². The first-order valence-corrected chi connectivity index (χ1v) is 13.8. The number of carbonyl (C=O) groups excluding carboxylic acids is 6. The minimum absolute atomic E-state index is 0.0216. The Hall–Kier alpha value is -4.12. The predicted molar refractivity (Wildman–Crippen MR) is 154 cm³/mol. The molecule has 1 aromatic carbocycles. The van der Waals surface area contributed by atoms with E-state index in [4.69, 9.17) is 17.2 Å². The normalized spacial score (nSPS) is 14.4. The van der Waals surface area contributed by atoms with Gasteiger partial charge < -0.3 is 48.5 Å². The zero-order valence-corrected chi connectivity index (χ0v) is 24.1. The Bertz CT molecular complexity index is 1100. The van der Waals surface area contributed by atoms with E-state index in [0.29, 0.717) is 18.4 Å². The molecule has 0 saturated carbocycles. The Labute approximate surface area is 249 Å². The molecule has 0 aliphatic carbocycles. The van der Waals surface area contributed by atoms with Crippen molar-refractivity contribution in [1.29, 1.82) is 0 Å². The molecule has 1 rings (SSSR count). The van der Waals surface area contributed by atoms with Gasteiger partial charge in [0, 0.05) is 19.4 Å². The van der Waals surface area contributed by atoms with Crippen molar-refractivity contribution in [1.82, 2.24) is 21.3 Å². The van der Waals surface area contributed by atoms with Gasteiger partial charge in [-0.3, -0.25) is 34.1 Å². The maximum Gasteiger partial charge on any atom is 0.245 e. The fraction of sp³-hybridized carbons (Fsp3) is 0.556. The van der Waals surface area contributed by atoms with Crippen LogP contribution < -0.4 is 38.5 Å². The second kappa shape index (κ2) is 19.1. The van der Waals surface area contributed by atoms with Crippen molar-refractivity contribution in [2.45, 2.75) is 75.7 Å². The Kier molecular flexibility index (Phi) is 16.4. The number of nitrogens with one attached hydrogen (secondary N) is 4. The van der Waals surface area contributed by atoms with Gasteiger partial charge in [-0.1, -0.05) is 12.1 Å². The Morgan fingerprint density at radius 1 is 0.791 bits per heavy atom. The van der Waals surface area contributed by atoms with Gasteiger partial charge in [-0.25, -0.2) is 0 Å². The topological polar surface area (TPSA) is 289 Å². The molecule has 0 bridgehead atoms. The van der Waals surface area contributed by atoms with Crippen molar-refractivity contribution in [3.8, 4) is 5.75 Å². The first-order chi connectivity index (χ1) is 20.3. The zero-order valence-electron chi connectivity index (χ0n) is 24.1. The average Bonchev–Trinajstić information content (AvgIpc) is 2.95. The third-order valence-electron chi connectivity index (χ3n) is 6.53. The standard InChI is InChI=1S/C27H43N7O9/c1-15(37)19(32-21(13-35)25(30)41)9-10-23(39)31-11-3-2-4-18(28)26(42)34-22(14-36)27(43)33-20(24(29)40)12-16-5-7-17(38)8-6-16/h5-8,18-22,32,35-36,38H,2-4,9-14,28H2,1H3,(H2,29,40)(H2,30,41)(H,31,39)(H,33,43)(H,34,42)/t18?,19?,20-,21-,22-/m0/s1. The molecule has 5 amide bonds. The van der Waals surface area contributed by atoms with Crippen LogP contribution in [-0.4, -0.2) is 101 Å². The molecule has 16 heteroatoms. The number of aliphatic hydroxyl groups excluding tert-OH is 2. The van der Waals surface area contributed by atoms with E-state index in [0.717, 1.165) is 0 Å². The summed E-state index contributed by atoms with van der Waals surface area (Å²) in [6, 6.07) is 0.446. The molecular formula is C27H43N7O9. The molecule has 13 N–H and O–H groups in total. The van der Waals surface area contributed by atoms with Crippen LogP contribution >= 0.6 is 0 Å². The second-order valence-electron chi connectivity index (χ2n) is 10.0. The SMILES string of the molecule is CC(=O)C(CCC(=O)NCCCCC(N)C(=O)N[C@@H](CO)C(=O)N[C@@H](Cc1ccc(O)cc1)C(N)=O)N[C@@H](CO)C(N)=O. The number of nitrogens with two attached hydrogens (primary N) is 3. The second-order valence-corrected chi connectivity index (χ2v) is 10.0. The first-order valence-electron chi connectivity index (χ1n) is 13.8. The van der Waals surface area contributed by atoms with E-state index in [2.05, 4.69) is 21.3 Å². The number of phenolic OH excluding ortho intramolecular Hbond substituents is 1. The van der Waals surface area contributed by atoms with Gasteiger partial charge in [0.15, 0.2) is 0 Å². The molecule has 0 aromatic heterocycles. The van der Waals surface area contributed by atoms with Crippen LogP contribution in [0.5, 0.6) is 5.75 Å². The summed E-state index contributed by atoms with van der Waals surface area (Å²) in [5.74, 6) is -3.82. The van der Waals surface area contributed by atoms with E-state index in [1.807, 2.05) is 0 Å². The number of aliphatic hydroxyl groups is 2. The van der Waals surface area contributed by atoms with Crippen LogP contribution in [0.2, 0.25) is 0 Å². The lowest BCUT2D eigenvalue weighted by Gasteiger charge is -2.22. The van der Waals surface area contributed by atoms with Crippen molar-refractivity contribution in [3.05, 3.63) is 29.8 Å². The fourth-order valence-electron chi connectivity index (χ4n) is 3.92. The van der Waals surface area contributed by atoms with E-state index in [1.54, 1.807) is 12.1 Å². The number of unbranched alkanes of at least 4 members (excludes halogenated alkanes) is 1. The van der Waals surface area contributed by atoms with Gasteiger partial charge in [-0.05, 0) is 50.3 Å². The number of primary amides is 2. The van der Waals surface area contributed by atoms with Crippen LogP contribution in [0.1, 0.15) is 44.6 Å². The molecule has 2 unspecified atom stereocenters. The van der Waals surface area contributed by atoms with E-state index in [-0.39, 0.29) is 49.7 Å². The summed E-state index contributed by atoms with van der Waals surface area (Å²) in [6.45, 7) is 0.210. The number of amides is 5. The fourth-order valence-corrected chi connectivity index (χ4v) is 3.92. The third-order valence-corrected chi connectivity index (χ3v) is 6.53. The number of rotatable bonds is 21. The van der Waals surface area contributed by atoms with E-state index >= 15 is 0 Å². The number of aromatic hydroxyl groups is 1. The summed E-state index contributed by atoms with van der Waals surface area (Å²) < 4.78 is 0. The molecule has 5 atom stereocenters. The molecule has 0 saturated heterocycles. The highest BCUT2D eigenvalue weighted by atomic mass is 16.3. The number of hydrogen-bond acceptors (Lipinski definition) is 11. The number of ketones is 1. The summed E-state index contributed by atoms with van der Waals surface area (Å²) in [6.07, 6.45) is 1.21. The lowest BCUT2D eigenvalue weighted by molar-refractivity contribution is -0.132. The van der Waals surface area contributed by atoms with Gasteiger partial charge in [0.2, 0.25) is 29.5 Å². The van der Waals surface area contributed by atoms with Crippen LogP contribution in [0, 0.1) is 0 Å². The van der Waals surface area contributed by atoms with Crippen LogP contribution in [-0.2, 0) is 35.2 Å². The highest BCUT2D eigenvalue weighted by Crippen LogP contribution is 2.11. The maximum atomic E-state index is 12.6. The summed E-state index contributed by atoms with van der Waals surface area (Å²) in [5, 5.41) is 38.3. The minimum Gasteiger partial charge on any atom is -0.508 e. The van der Waals surface area contributed by atoms with Crippen molar-refractivity contribution >= 4 is 35.3 Å². The number of carbonyl (C=O) groups is 6. The Balaban J connectivity index is 2.43. The zero-order chi connectivity index (χ0) is 32.5. The van der Waals surface area contributed by atoms with Gasteiger partial charge in [0.1, 0.15) is 29.7 Å². The number of Topliss-reactive ketones (excluding diaryl/α,β-unsaturated/α-hetero) is 1.